The number of carbonyl (C=O) groups excluding carboxylic acids is 1. The second kappa shape index (κ2) is 10.8. The molecule has 1 aliphatic carbocycles. The number of nitrogens with one attached hydrogen (secondary N) is 1. The molecule has 3 aliphatic rings. The van der Waals surface area contributed by atoms with E-state index < -0.39 is 11.8 Å². The zero-order valence-electron chi connectivity index (χ0n) is 18.2. The lowest BCUT2D eigenvalue weighted by Gasteiger charge is -2.49. The molecule has 2 heterocycles. The Bertz CT molecular complexity index is 700. The summed E-state index contributed by atoms with van der Waals surface area (Å²) in [6.45, 7) is 6.95. The summed E-state index contributed by atoms with van der Waals surface area (Å²) in [4.78, 5) is 17.6. The zero-order valence-corrected chi connectivity index (χ0v) is 19.8. The maximum Gasteiger partial charge on any atom is 0.249 e. The van der Waals surface area contributed by atoms with Crippen molar-refractivity contribution >= 4 is 30.7 Å². The fraction of sp³-hybridized carbons (Fsp3) is 0.696. The lowest BCUT2D eigenvalue weighted by Crippen LogP contribution is -2.58. The van der Waals surface area contributed by atoms with Crippen molar-refractivity contribution in [2.75, 3.05) is 26.2 Å². The first-order valence-corrected chi connectivity index (χ1v) is 11.0. The summed E-state index contributed by atoms with van der Waals surface area (Å²) in [6.07, 6.45) is 3.57. The van der Waals surface area contributed by atoms with E-state index in [0.29, 0.717) is 6.54 Å². The Morgan fingerprint density at radius 1 is 1.10 bits per heavy atom. The molecule has 8 heteroatoms. The van der Waals surface area contributed by atoms with Gasteiger partial charge in [-0.1, -0.05) is 30.3 Å². The van der Waals surface area contributed by atoms with Crippen LogP contribution in [0.5, 0.6) is 0 Å². The molecule has 4 rings (SSSR count). The molecule has 1 aromatic carbocycles. The molecule has 3 fully saturated rings. The average molecular weight is 478 g/mol. The van der Waals surface area contributed by atoms with E-state index >= 15 is 0 Å². The van der Waals surface area contributed by atoms with Crippen molar-refractivity contribution in [3.8, 4) is 0 Å². The summed E-state index contributed by atoms with van der Waals surface area (Å²) in [7, 11) is 0. The molecule has 4 nitrogen and oxygen atoms in total. The SMILES string of the molecule is CC1(N2CCC(N(Cc3ccccc3)C(=O)C3CC(F)(F)C3)CC2)CCNCC1.Cl.Cl. The number of hydrogen-bond donors (Lipinski definition) is 1. The quantitative estimate of drug-likeness (QED) is 0.677. The number of rotatable bonds is 5. The highest BCUT2D eigenvalue weighted by molar-refractivity contribution is 5.85. The lowest BCUT2D eigenvalue weighted by molar-refractivity contribution is -0.163. The molecule has 0 spiro atoms. The van der Waals surface area contributed by atoms with E-state index in [-0.39, 0.29) is 55.1 Å². The van der Waals surface area contributed by atoms with Gasteiger partial charge in [-0.05, 0) is 51.3 Å². The Balaban J connectivity index is 0.00000171. The van der Waals surface area contributed by atoms with Crippen LogP contribution in [0, 0.1) is 5.92 Å². The van der Waals surface area contributed by atoms with E-state index in [1.165, 1.54) is 0 Å². The predicted molar refractivity (Wildman–Crippen MR) is 124 cm³/mol. The van der Waals surface area contributed by atoms with Gasteiger partial charge in [0.15, 0.2) is 0 Å². The van der Waals surface area contributed by atoms with Crippen LogP contribution in [-0.2, 0) is 11.3 Å². The lowest BCUT2D eigenvalue weighted by atomic mass is 9.79. The molecule has 1 saturated carbocycles. The van der Waals surface area contributed by atoms with Gasteiger partial charge in [-0.25, -0.2) is 8.78 Å². The van der Waals surface area contributed by atoms with Crippen molar-refractivity contribution in [2.24, 2.45) is 5.92 Å². The molecule has 31 heavy (non-hydrogen) atoms. The first-order valence-electron chi connectivity index (χ1n) is 11.0. The molecule has 0 bridgehead atoms. The minimum Gasteiger partial charge on any atom is -0.335 e. The fourth-order valence-corrected chi connectivity index (χ4v) is 5.24. The summed E-state index contributed by atoms with van der Waals surface area (Å²) in [6, 6.07) is 10.1. The maximum absolute atomic E-state index is 13.4. The smallest absolute Gasteiger partial charge is 0.249 e. The highest BCUT2D eigenvalue weighted by atomic mass is 35.5. The Kier molecular flexibility index (Phi) is 9.15. The zero-order chi connectivity index (χ0) is 20.5. The van der Waals surface area contributed by atoms with Crippen LogP contribution in [0.3, 0.4) is 0 Å². The highest BCUT2D eigenvalue weighted by Crippen LogP contribution is 2.44. The van der Waals surface area contributed by atoms with Gasteiger partial charge in [0, 0.05) is 50.0 Å². The first kappa shape index (κ1) is 26.3. The maximum atomic E-state index is 13.4. The Labute approximate surface area is 196 Å². The van der Waals surface area contributed by atoms with Crippen LogP contribution < -0.4 is 5.32 Å². The number of hydrogen-bond acceptors (Lipinski definition) is 3. The molecule has 1 amide bonds. The van der Waals surface area contributed by atoms with Crippen LogP contribution >= 0.6 is 24.8 Å². The molecule has 2 saturated heterocycles. The molecule has 0 radical (unpaired) electrons. The minimum atomic E-state index is -2.66. The molecule has 176 valence electrons. The van der Waals surface area contributed by atoms with Crippen molar-refractivity contribution in [2.45, 2.75) is 69.5 Å². The van der Waals surface area contributed by atoms with Gasteiger partial charge < -0.3 is 10.2 Å². The van der Waals surface area contributed by atoms with E-state index in [0.717, 1.165) is 57.4 Å². The van der Waals surface area contributed by atoms with Crippen LogP contribution in [-0.4, -0.2) is 59.4 Å². The monoisotopic (exact) mass is 477 g/mol. The van der Waals surface area contributed by atoms with Crippen LogP contribution in [0.1, 0.15) is 51.0 Å². The Hall–Kier alpha value is -0.950. The predicted octanol–water partition coefficient (Wildman–Crippen LogP) is 4.51. The number of amides is 1. The summed E-state index contributed by atoms with van der Waals surface area (Å²) >= 11 is 0. The van der Waals surface area contributed by atoms with Gasteiger partial charge in [-0.3, -0.25) is 9.69 Å². The van der Waals surface area contributed by atoms with E-state index in [9.17, 15) is 13.6 Å². The van der Waals surface area contributed by atoms with Gasteiger partial charge >= 0.3 is 0 Å². The van der Waals surface area contributed by atoms with Crippen molar-refractivity contribution in [1.82, 2.24) is 15.1 Å². The highest BCUT2D eigenvalue weighted by Gasteiger charge is 2.50. The Morgan fingerprint density at radius 3 is 2.23 bits per heavy atom. The summed E-state index contributed by atoms with van der Waals surface area (Å²) < 4.78 is 26.8. The van der Waals surface area contributed by atoms with Crippen LogP contribution in [0.25, 0.3) is 0 Å². The third-order valence-electron chi connectivity index (χ3n) is 7.27. The molecule has 0 atom stereocenters. The second-order valence-electron chi connectivity index (χ2n) is 9.38. The minimum absolute atomic E-state index is 0. The largest absolute Gasteiger partial charge is 0.335 e. The van der Waals surface area contributed by atoms with Crippen molar-refractivity contribution in [1.29, 1.82) is 0 Å². The number of benzene rings is 1. The molecule has 2 aliphatic heterocycles. The van der Waals surface area contributed by atoms with E-state index in [1.54, 1.807) is 0 Å². The van der Waals surface area contributed by atoms with Crippen LogP contribution in [0.2, 0.25) is 0 Å². The number of halogens is 4. The van der Waals surface area contributed by atoms with Crippen LogP contribution in [0.4, 0.5) is 8.78 Å². The van der Waals surface area contributed by atoms with Crippen molar-refractivity contribution in [3.05, 3.63) is 35.9 Å². The van der Waals surface area contributed by atoms with E-state index in [1.807, 2.05) is 35.2 Å². The van der Waals surface area contributed by atoms with Crippen molar-refractivity contribution < 1.29 is 13.6 Å². The van der Waals surface area contributed by atoms with Gasteiger partial charge in [0.1, 0.15) is 0 Å². The summed E-state index contributed by atoms with van der Waals surface area (Å²) in [5, 5.41) is 3.44. The molecular weight excluding hydrogens is 443 g/mol. The number of likely N-dealkylation sites (tertiary alicyclic amines) is 1. The van der Waals surface area contributed by atoms with Gasteiger partial charge in [0.2, 0.25) is 11.8 Å². The van der Waals surface area contributed by atoms with E-state index in [4.69, 9.17) is 0 Å². The summed E-state index contributed by atoms with van der Waals surface area (Å²) in [5.74, 6) is -3.26. The van der Waals surface area contributed by atoms with Gasteiger partial charge in [-0.15, -0.1) is 24.8 Å². The van der Waals surface area contributed by atoms with Gasteiger partial charge in [0.05, 0.1) is 0 Å². The van der Waals surface area contributed by atoms with Crippen molar-refractivity contribution in [3.63, 3.8) is 0 Å². The van der Waals surface area contributed by atoms with Gasteiger partial charge in [0.25, 0.3) is 0 Å². The molecule has 1 N–H and O–H groups in total. The average Bonchev–Trinajstić information content (AvgIpc) is 2.71. The normalized spacial score (nSPS) is 23.7. The second-order valence-corrected chi connectivity index (χ2v) is 9.38. The Morgan fingerprint density at radius 2 is 1.68 bits per heavy atom. The molecule has 0 unspecified atom stereocenters. The fourth-order valence-electron chi connectivity index (χ4n) is 5.24. The topological polar surface area (TPSA) is 35.6 Å². The number of alkyl halides is 2. The van der Waals surface area contributed by atoms with Gasteiger partial charge in [-0.2, -0.15) is 0 Å². The standard InChI is InChI=1S/C23H33F2N3O.2ClH/c1-22(9-11-26-12-10-22)27-13-7-20(8-14-27)28(17-18-5-3-2-4-6-18)21(29)19-15-23(24,25)16-19;;/h2-6,19-20,26H,7-17H2,1H3;2*1H. The first-order chi connectivity index (χ1) is 13.9. The third kappa shape index (κ3) is 6.10. The summed E-state index contributed by atoms with van der Waals surface area (Å²) in [5.41, 5.74) is 1.31. The number of piperidine rings is 2. The molecule has 1 aromatic rings. The molecule has 0 aromatic heterocycles. The number of nitrogens with zero attached hydrogens (tertiary/aromatic N) is 2. The van der Waals surface area contributed by atoms with Crippen LogP contribution in [0.15, 0.2) is 30.3 Å². The van der Waals surface area contributed by atoms with E-state index in [2.05, 4.69) is 17.1 Å². The number of carbonyl (C=O) groups is 1. The third-order valence-corrected chi connectivity index (χ3v) is 7.27. The molecular formula is C23H35Cl2F2N3O.